The van der Waals surface area contributed by atoms with Crippen molar-refractivity contribution in [2.45, 2.75) is 23.9 Å². The second-order valence-corrected chi connectivity index (χ2v) is 13.1. The lowest BCUT2D eigenvalue weighted by Gasteiger charge is -2.33. The van der Waals surface area contributed by atoms with Gasteiger partial charge in [0.1, 0.15) is 12.6 Å². The summed E-state index contributed by atoms with van der Waals surface area (Å²) in [5.41, 5.74) is 1.72. The van der Waals surface area contributed by atoms with Crippen molar-refractivity contribution in [2.75, 3.05) is 17.9 Å². The maximum Gasteiger partial charge on any atom is 0.264 e. The Labute approximate surface area is 264 Å². The van der Waals surface area contributed by atoms with Crippen LogP contribution in [0.15, 0.2) is 112 Å². The number of amides is 2. The van der Waals surface area contributed by atoms with Crippen LogP contribution in [0.2, 0.25) is 10.0 Å². The van der Waals surface area contributed by atoms with E-state index in [1.54, 1.807) is 18.2 Å². The number of nitrogens with one attached hydrogen (secondary N) is 1. The number of halogens is 3. The molecule has 0 aliphatic rings. The molecule has 0 spiro atoms. The van der Waals surface area contributed by atoms with Gasteiger partial charge in [-0.25, -0.2) is 8.42 Å². The summed E-state index contributed by atoms with van der Waals surface area (Å²) in [6.45, 7) is -0.542. The van der Waals surface area contributed by atoms with Gasteiger partial charge in [0.05, 0.1) is 10.6 Å². The van der Waals surface area contributed by atoms with Gasteiger partial charge in [0.2, 0.25) is 11.8 Å². The Morgan fingerprint density at radius 3 is 1.98 bits per heavy atom. The minimum absolute atomic E-state index is 0.0134. The topological polar surface area (TPSA) is 86.8 Å². The van der Waals surface area contributed by atoms with Gasteiger partial charge in [-0.2, -0.15) is 0 Å². The molecule has 1 atom stereocenters. The van der Waals surface area contributed by atoms with Crippen molar-refractivity contribution in [3.8, 4) is 0 Å². The molecule has 0 saturated carbocycles. The number of sulfonamides is 1. The highest BCUT2D eigenvalue weighted by Crippen LogP contribution is 2.30. The van der Waals surface area contributed by atoms with Crippen LogP contribution < -0.4 is 9.62 Å². The van der Waals surface area contributed by atoms with Crippen molar-refractivity contribution in [3.63, 3.8) is 0 Å². The van der Waals surface area contributed by atoms with Gasteiger partial charge in [0.25, 0.3) is 10.0 Å². The predicted molar refractivity (Wildman–Crippen MR) is 170 cm³/mol. The molecule has 0 unspecified atom stereocenters. The molecule has 1 N–H and O–H groups in total. The Hall–Kier alpha value is -3.37. The molecule has 42 heavy (non-hydrogen) atoms. The van der Waals surface area contributed by atoms with Gasteiger partial charge >= 0.3 is 0 Å². The first-order chi connectivity index (χ1) is 20.1. The number of nitrogens with zero attached hydrogens (tertiary/aromatic N) is 2. The molecule has 2 amide bonds. The number of likely N-dealkylation sites (N-methyl/N-ethyl adjacent to an activating group) is 1. The van der Waals surface area contributed by atoms with Crippen LogP contribution in [0.3, 0.4) is 0 Å². The predicted octanol–water partition coefficient (Wildman–Crippen LogP) is 6.34. The third-order valence-electron chi connectivity index (χ3n) is 6.53. The molecule has 0 aromatic heterocycles. The third kappa shape index (κ3) is 7.92. The zero-order valence-electron chi connectivity index (χ0n) is 22.6. The molecule has 0 radical (unpaired) electrons. The molecule has 4 aromatic carbocycles. The average Bonchev–Trinajstić information content (AvgIpc) is 2.98. The molecule has 218 valence electrons. The third-order valence-corrected chi connectivity index (χ3v) is 9.28. The second-order valence-electron chi connectivity index (χ2n) is 9.42. The standard InChI is InChI=1S/C31H28BrCl2N3O4S/c1-35-31(39)29(16-22-8-4-2-5-9-22)36(20-23-12-14-24(32)15-13-23)30(38)21-37(27-18-25(33)17-26(34)19-27)42(40,41)28-10-6-3-7-11-28/h2-15,17-19,29H,16,20-21H2,1H3,(H,35,39)/t29-/m1/s1. The molecule has 7 nitrogen and oxygen atoms in total. The van der Waals surface area contributed by atoms with Crippen molar-refractivity contribution in [1.29, 1.82) is 0 Å². The number of carbonyl (C=O) groups excluding carboxylic acids is 2. The van der Waals surface area contributed by atoms with Crippen molar-refractivity contribution >= 4 is 66.7 Å². The van der Waals surface area contributed by atoms with Gasteiger partial charge in [-0.15, -0.1) is 0 Å². The van der Waals surface area contributed by atoms with Crippen molar-refractivity contribution < 1.29 is 18.0 Å². The van der Waals surface area contributed by atoms with E-state index in [9.17, 15) is 18.0 Å². The van der Waals surface area contributed by atoms with E-state index in [4.69, 9.17) is 23.2 Å². The lowest BCUT2D eigenvalue weighted by molar-refractivity contribution is -0.139. The number of hydrogen-bond acceptors (Lipinski definition) is 4. The highest BCUT2D eigenvalue weighted by Gasteiger charge is 2.34. The summed E-state index contributed by atoms with van der Waals surface area (Å²) in [7, 11) is -2.74. The first kappa shape index (κ1) is 31.6. The quantitative estimate of drug-likeness (QED) is 0.199. The van der Waals surface area contributed by atoms with E-state index in [0.717, 1.165) is 19.9 Å². The number of benzene rings is 4. The van der Waals surface area contributed by atoms with Gasteiger partial charge in [-0.3, -0.25) is 13.9 Å². The van der Waals surface area contributed by atoms with Crippen molar-refractivity contribution in [1.82, 2.24) is 10.2 Å². The van der Waals surface area contributed by atoms with Crippen molar-refractivity contribution in [3.05, 3.63) is 129 Å². The Balaban J connectivity index is 1.80. The monoisotopic (exact) mass is 687 g/mol. The summed E-state index contributed by atoms with van der Waals surface area (Å²) in [6, 6.07) is 27.9. The minimum atomic E-state index is -4.24. The molecule has 0 aliphatic heterocycles. The van der Waals surface area contributed by atoms with E-state index in [1.165, 1.54) is 42.3 Å². The van der Waals surface area contributed by atoms with Gasteiger partial charge in [-0.1, -0.05) is 99.8 Å². The van der Waals surface area contributed by atoms with Crippen LogP contribution in [-0.2, 0) is 32.6 Å². The number of anilines is 1. The number of hydrogen-bond donors (Lipinski definition) is 1. The second kappa shape index (κ2) is 14.2. The summed E-state index contributed by atoms with van der Waals surface area (Å²) in [6.07, 6.45) is 0.219. The van der Waals surface area contributed by atoms with E-state index < -0.39 is 28.5 Å². The molecule has 0 saturated heterocycles. The fourth-order valence-electron chi connectivity index (χ4n) is 4.44. The summed E-state index contributed by atoms with van der Waals surface area (Å²) >= 11 is 15.9. The van der Waals surface area contributed by atoms with Gasteiger partial charge in [0, 0.05) is 34.5 Å². The molecule has 11 heteroatoms. The summed E-state index contributed by atoms with van der Waals surface area (Å²) in [4.78, 5) is 29.0. The summed E-state index contributed by atoms with van der Waals surface area (Å²) in [5.74, 6) is -0.967. The maximum absolute atomic E-state index is 14.3. The molecule has 0 fully saturated rings. The number of rotatable bonds is 11. The van der Waals surface area contributed by atoms with Crippen LogP contribution in [0.5, 0.6) is 0 Å². The first-order valence-electron chi connectivity index (χ1n) is 12.9. The normalized spacial score (nSPS) is 11.9. The Morgan fingerprint density at radius 1 is 0.833 bits per heavy atom. The molecular formula is C31H28BrCl2N3O4S. The lowest BCUT2D eigenvalue weighted by atomic mass is 10.0. The number of carbonyl (C=O) groups is 2. The van der Waals surface area contributed by atoms with E-state index in [0.29, 0.717) is 0 Å². The molecule has 4 rings (SSSR count). The smallest absolute Gasteiger partial charge is 0.264 e. The van der Waals surface area contributed by atoms with Crippen LogP contribution in [0, 0.1) is 0 Å². The van der Waals surface area contributed by atoms with Crippen LogP contribution in [0.4, 0.5) is 5.69 Å². The largest absolute Gasteiger partial charge is 0.357 e. The highest BCUT2D eigenvalue weighted by atomic mass is 79.9. The SMILES string of the molecule is CNC(=O)[C@@H](Cc1ccccc1)N(Cc1ccc(Br)cc1)C(=O)CN(c1cc(Cl)cc(Cl)c1)S(=O)(=O)c1ccccc1. The van der Waals surface area contributed by atoms with E-state index in [1.807, 2.05) is 54.6 Å². The van der Waals surface area contributed by atoms with Gasteiger partial charge in [0.15, 0.2) is 0 Å². The molecular weight excluding hydrogens is 661 g/mol. The van der Waals surface area contributed by atoms with Crippen LogP contribution in [0.1, 0.15) is 11.1 Å². The summed E-state index contributed by atoms with van der Waals surface area (Å²) < 4.78 is 29.7. The fraction of sp³-hybridized carbons (Fsp3) is 0.161. The van der Waals surface area contributed by atoms with E-state index in [-0.39, 0.29) is 39.5 Å². The molecule has 4 aromatic rings. The Kier molecular flexibility index (Phi) is 10.7. The van der Waals surface area contributed by atoms with E-state index in [2.05, 4.69) is 21.2 Å². The molecule has 0 heterocycles. The highest BCUT2D eigenvalue weighted by molar-refractivity contribution is 9.10. The minimum Gasteiger partial charge on any atom is -0.357 e. The van der Waals surface area contributed by atoms with Crippen LogP contribution >= 0.6 is 39.1 Å². The van der Waals surface area contributed by atoms with E-state index >= 15 is 0 Å². The van der Waals surface area contributed by atoms with Crippen LogP contribution in [0.25, 0.3) is 0 Å². The Bertz CT molecular complexity index is 1620. The Morgan fingerprint density at radius 2 is 1.40 bits per heavy atom. The zero-order chi connectivity index (χ0) is 30.3. The van der Waals surface area contributed by atoms with Crippen molar-refractivity contribution in [2.24, 2.45) is 0 Å². The first-order valence-corrected chi connectivity index (χ1v) is 15.9. The fourth-order valence-corrected chi connectivity index (χ4v) is 6.64. The van der Waals surface area contributed by atoms with Crippen LogP contribution in [-0.4, -0.2) is 44.8 Å². The molecule has 0 bridgehead atoms. The lowest BCUT2D eigenvalue weighted by Crippen LogP contribution is -2.53. The average molecular weight is 689 g/mol. The van der Waals surface area contributed by atoms with Gasteiger partial charge in [-0.05, 0) is 53.6 Å². The summed E-state index contributed by atoms with van der Waals surface area (Å²) in [5, 5.41) is 3.08. The molecule has 0 aliphatic carbocycles. The maximum atomic E-state index is 14.3. The van der Waals surface area contributed by atoms with Gasteiger partial charge < -0.3 is 10.2 Å². The zero-order valence-corrected chi connectivity index (χ0v) is 26.5.